The van der Waals surface area contributed by atoms with Crippen LogP contribution in [0.3, 0.4) is 0 Å². The van der Waals surface area contributed by atoms with Crippen molar-refractivity contribution >= 4 is 11.9 Å². The van der Waals surface area contributed by atoms with E-state index in [1.165, 1.54) is 0 Å². The molecule has 3 unspecified atom stereocenters. The van der Waals surface area contributed by atoms with Crippen molar-refractivity contribution in [1.29, 1.82) is 0 Å². The van der Waals surface area contributed by atoms with Crippen molar-refractivity contribution in [2.75, 3.05) is 0 Å². The maximum Gasteiger partial charge on any atom is 0.321 e. The van der Waals surface area contributed by atoms with Gasteiger partial charge in [-0.2, -0.15) is 0 Å². The Labute approximate surface area is 116 Å². The Morgan fingerprint density at radius 2 is 1.85 bits per heavy atom. The number of rotatable bonds is 2. The highest BCUT2D eigenvalue weighted by Gasteiger charge is 2.44. The van der Waals surface area contributed by atoms with Crippen LogP contribution in [0.2, 0.25) is 0 Å². The van der Waals surface area contributed by atoms with Gasteiger partial charge in [-0.15, -0.1) is 0 Å². The molecule has 0 fully saturated rings. The normalized spacial score (nSPS) is 28.6. The molecule has 2 aliphatic rings. The molecule has 0 saturated heterocycles. The zero-order valence-electron chi connectivity index (χ0n) is 11.3. The standard InChI is InChI=1S/C14H18N2O4/c1-6-11-9(7-4-2-3-5-8(7)16-11)10(13(17)18)12(15-6)14(19)20/h6,10,12,15-16H,2-5H2,1H3,(H,17,18)(H,19,20). The van der Waals surface area contributed by atoms with Gasteiger partial charge in [-0.1, -0.05) is 0 Å². The number of carbonyl (C=O) groups is 2. The van der Waals surface area contributed by atoms with E-state index in [9.17, 15) is 19.8 Å². The number of nitrogens with one attached hydrogen (secondary N) is 2. The lowest BCUT2D eigenvalue weighted by Crippen LogP contribution is -2.49. The zero-order valence-corrected chi connectivity index (χ0v) is 11.3. The fourth-order valence-electron chi connectivity index (χ4n) is 3.53. The van der Waals surface area contributed by atoms with Crippen molar-refractivity contribution in [1.82, 2.24) is 10.3 Å². The lowest BCUT2D eigenvalue weighted by molar-refractivity contribution is -0.148. The number of fused-ring (bicyclic) bond motifs is 3. The van der Waals surface area contributed by atoms with Crippen molar-refractivity contribution < 1.29 is 19.8 Å². The van der Waals surface area contributed by atoms with Gasteiger partial charge in [-0.25, -0.2) is 0 Å². The number of hydrogen-bond donors (Lipinski definition) is 4. The second-order valence-electron chi connectivity index (χ2n) is 5.64. The van der Waals surface area contributed by atoms with E-state index in [4.69, 9.17) is 0 Å². The summed E-state index contributed by atoms with van der Waals surface area (Å²) in [5, 5.41) is 21.7. The van der Waals surface area contributed by atoms with Crippen LogP contribution in [0, 0.1) is 0 Å². The van der Waals surface area contributed by atoms with Crippen molar-refractivity contribution in [3.63, 3.8) is 0 Å². The first kappa shape index (κ1) is 13.2. The second-order valence-corrected chi connectivity index (χ2v) is 5.64. The first-order valence-corrected chi connectivity index (χ1v) is 6.96. The Kier molecular flexibility index (Phi) is 3.05. The third-order valence-electron chi connectivity index (χ3n) is 4.41. The van der Waals surface area contributed by atoms with Gasteiger partial charge in [0.15, 0.2) is 0 Å². The minimum absolute atomic E-state index is 0.174. The third kappa shape index (κ3) is 1.83. The number of aryl methyl sites for hydroxylation is 1. The SMILES string of the molecule is CC1NC(C(=O)O)C(C(=O)O)c2c1[nH]c1c2CCCC1. The number of H-pyrrole nitrogens is 1. The summed E-state index contributed by atoms with van der Waals surface area (Å²) in [7, 11) is 0. The molecule has 1 aliphatic carbocycles. The quantitative estimate of drug-likeness (QED) is 0.650. The van der Waals surface area contributed by atoms with Crippen LogP contribution in [0.25, 0.3) is 0 Å². The topological polar surface area (TPSA) is 102 Å². The van der Waals surface area contributed by atoms with Crippen molar-refractivity contribution in [3.05, 3.63) is 22.5 Å². The molecule has 3 atom stereocenters. The van der Waals surface area contributed by atoms with Crippen LogP contribution < -0.4 is 5.32 Å². The van der Waals surface area contributed by atoms with Gasteiger partial charge < -0.3 is 15.2 Å². The molecule has 1 aromatic rings. The maximum atomic E-state index is 11.6. The lowest BCUT2D eigenvalue weighted by Gasteiger charge is -2.32. The summed E-state index contributed by atoms with van der Waals surface area (Å²) in [4.78, 5) is 26.3. The van der Waals surface area contributed by atoms with Crippen LogP contribution in [0.15, 0.2) is 0 Å². The highest BCUT2D eigenvalue weighted by molar-refractivity contribution is 5.88. The van der Waals surface area contributed by atoms with E-state index in [-0.39, 0.29) is 6.04 Å². The Morgan fingerprint density at radius 3 is 2.50 bits per heavy atom. The highest BCUT2D eigenvalue weighted by atomic mass is 16.4. The highest BCUT2D eigenvalue weighted by Crippen LogP contribution is 2.40. The molecule has 3 rings (SSSR count). The third-order valence-corrected chi connectivity index (χ3v) is 4.41. The molecule has 0 bridgehead atoms. The second kappa shape index (κ2) is 4.63. The number of aliphatic carboxylic acids is 2. The van der Waals surface area contributed by atoms with Crippen LogP contribution in [0.5, 0.6) is 0 Å². The molecule has 1 aliphatic heterocycles. The molecule has 0 spiro atoms. The van der Waals surface area contributed by atoms with Gasteiger partial charge in [0.1, 0.15) is 12.0 Å². The number of aromatic nitrogens is 1. The molecular formula is C14H18N2O4. The summed E-state index contributed by atoms with van der Waals surface area (Å²) in [6.07, 6.45) is 3.88. The van der Waals surface area contributed by atoms with Gasteiger partial charge in [-0.05, 0) is 43.7 Å². The summed E-state index contributed by atoms with van der Waals surface area (Å²) in [6, 6.07) is -1.25. The van der Waals surface area contributed by atoms with Crippen molar-refractivity contribution in [3.8, 4) is 0 Å². The maximum absolute atomic E-state index is 11.6. The predicted molar refractivity (Wildman–Crippen MR) is 70.8 cm³/mol. The Hall–Kier alpha value is -1.82. The van der Waals surface area contributed by atoms with Crippen molar-refractivity contribution in [2.45, 2.75) is 50.6 Å². The molecule has 0 aromatic carbocycles. The number of aromatic amines is 1. The average Bonchev–Trinajstić information content (AvgIpc) is 2.78. The molecule has 6 nitrogen and oxygen atoms in total. The van der Waals surface area contributed by atoms with E-state index in [1.807, 2.05) is 6.92 Å². The van der Waals surface area contributed by atoms with E-state index in [0.29, 0.717) is 5.56 Å². The molecule has 4 N–H and O–H groups in total. The zero-order chi connectivity index (χ0) is 14.4. The van der Waals surface area contributed by atoms with E-state index in [1.54, 1.807) is 0 Å². The summed E-state index contributed by atoms with van der Waals surface area (Å²) < 4.78 is 0. The summed E-state index contributed by atoms with van der Waals surface area (Å²) in [6.45, 7) is 1.87. The summed E-state index contributed by atoms with van der Waals surface area (Å²) in [5.74, 6) is -3.21. The molecule has 1 aromatic heterocycles. The molecule has 0 saturated carbocycles. The monoisotopic (exact) mass is 278 g/mol. The van der Waals surface area contributed by atoms with Crippen molar-refractivity contribution in [2.24, 2.45) is 0 Å². The average molecular weight is 278 g/mol. The van der Waals surface area contributed by atoms with Gasteiger partial charge in [-0.3, -0.25) is 14.9 Å². The summed E-state index contributed by atoms with van der Waals surface area (Å²) in [5.41, 5.74) is 3.69. The molecule has 108 valence electrons. The first-order chi connectivity index (χ1) is 9.50. The van der Waals surface area contributed by atoms with E-state index in [0.717, 1.165) is 42.6 Å². The Balaban J connectivity index is 2.17. The van der Waals surface area contributed by atoms with E-state index in [2.05, 4.69) is 10.3 Å². The molecule has 0 amide bonds. The fraction of sp³-hybridized carbons (Fsp3) is 0.571. The van der Waals surface area contributed by atoms with Gasteiger partial charge in [0, 0.05) is 17.4 Å². The Bertz CT molecular complexity index is 578. The molecule has 6 heteroatoms. The molecular weight excluding hydrogens is 260 g/mol. The molecule has 2 heterocycles. The van der Waals surface area contributed by atoms with Crippen LogP contribution in [0.4, 0.5) is 0 Å². The minimum atomic E-state index is -1.11. The number of carboxylic acids is 2. The minimum Gasteiger partial charge on any atom is -0.481 e. The first-order valence-electron chi connectivity index (χ1n) is 6.96. The fourth-order valence-corrected chi connectivity index (χ4v) is 3.53. The molecule has 0 radical (unpaired) electrons. The Morgan fingerprint density at radius 1 is 1.15 bits per heavy atom. The van der Waals surface area contributed by atoms with Crippen LogP contribution >= 0.6 is 0 Å². The van der Waals surface area contributed by atoms with Gasteiger partial charge in [0.25, 0.3) is 0 Å². The predicted octanol–water partition coefficient (Wildman–Crippen LogP) is 1.18. The van der Waals surface area contributed by atoms with E-state index >= 15 is 0 Å². The summed E-state index contributed by atoms with van der Waals surface area (Å²) >= 11 is 0. The largest absolute Gasteiger partial charge is 0.481 e. The van der Waals surface area contributed by atoms with E-state index < -0.39 is 23.9 Å². The number of carboxylic acid groups (broad SMARTS) is 2. The smallest absolute Gasteiger partial charge is 0.321 e. The van der Waals surface area contributed by atoms with Crippen LogP contribution in [-0.4, -0.2) is 33.2 Å². The molecule has 20 heavy (non-hydrogen) atoms. The lowest BCUT2D eigenvalue weighted by atomic mass is 9.80. The van der Waals surface area contributed by atoms with Gasteiger partial charge in [0.2, 0.25) is 0 Å². The van der Waals surface area contributed by atoms with Crippen LogP contribution in [-0.2, 0) is 22.4 Å². The van der Waals surface area contributed by atoms with Gasteiger partial charge >= 0.3 is 11.9 Å². The van der Waals surface area contributed by atoms with Gasteiger partial charge in [0.05, 0.1) is 0 Å². The van der Waals surface area contributed by atoms with Crippen LogP contribution in [0.1, 0.15) is 54.2 Å². The number of hydrogen-bond acceptors (Lipinski definition) is 3.